The highest BCUT2D eigenvalue weighted by atomic mass is 35.5. The Labute approximate surface area is 244 Å². The molecule has 1 aliphatic heterocycles. The molecular weight excluding hydrogens is 564 g/mol. The van der Waals surface area contributed by atoms with Gasteiger partial charge in [-0.3, -0.25) is 14.4 Å². The Balaban J connectivity index is 1.41. The number of methoxy groups -OCH3 is 1. The highest BCUT2D eigenvalue weighted by Crippen LogP contribution is 2.32. The summed E-state index contributed by atoms with van der Waals surface area (Å²) in [6.45, 7) is 4.57. The van der Waals surface area contributed by atoms with Gasteiger partial charge < -0.3 is 15.4 Å². The molecule has 4 aromatic rings. The van der Waals surface area contributed by atoms with Crippen molar-refractivity contribution >= 4 is 55.9 Å². The molecule has 10 nitrogen and oxygen atoms in total. The van der Waals surface area contributed by atoms with E-state index in [1.165, 1.54) is 19.2 Å². The predicted octanol–water partition coefficient (Wildman–Crippen LogP) is 5.05. The fourth-order valence-electron chi connectivity index (χ4n) is 4.86. The Morgan fingerprint density at radius 3 is 2.54 bits per heavy atom. The number of likely N-dealkylation sites (N-methyl/N-ethyl adjacent to an activating group) is 1. The summed E-state index contributed by atoms with van der Waals surface area (Å²) >= 11 is 6.39. The minimum Gasteiger partial charge on any atom is -0.497 e. The number of likely N-dealkylation sites (tertiary alicyclic amines) is 1. The number of nitrogens with one attached hydrogen (secondary N) is 3. The van der Waals surface area contributed by atoms with Gasteiger partial charge in [-0.05, 0) is 68.4 Å². The Morgan fingerprint density at radius 2 is 1.80 bits per heavy atom. The van der Waals surface area contributed by atoms with Crippen molar-refractivity contribution in [3.63, 3.8) is 0 Å². The highest BCUT2D eigenvalue weighted by molar-refractivity contribution is 7.92. The summed E-state index contributed by atoms with van der Waals surface area (Å²) in [4.78, 5) is 24.3. The van der Waals surface area contributed by atoms with Gasteiger partial charge in [-0.1, -0.05) is 36.7 Å². The van der Waals surface area contributed by atoms with Crippen molar-refractivity contribution in [2.75, 3.05) is 36.8 Å². The van der Waals surface area contributed by atoms with E-state index in [0.717, 1.165) is 25.9 Å². The van der Waals surface area contributed by atoms with Gasteiger partial charge in [0.15, 0.2) is 11.6 Å². The quantitative estimate of drug-likeness (QED) is 0.233. The van der Waals surface area contributed by atoms with E-state index in [4.69, 9.17) is 16.3 Å². The number of benzene rings is 3. The van der Waals surface area contributed by atoms with Crippen molar-refractivity contribution in [3.8, 4) is 5.75 Å². The van der Waals surface area contributed by atoms with Crippen molar-refractivity contribution in [1.82, 2.24) is 20.2 Å². The van der Waals surface area contributed by atoms with E-state index in [2.05, 4.69) is 37.1 Å². The summed E-state index contributed by atoms with van der Waals surface area (Å²) in [5, 5.41) is 6.42. The molecule has 214 valence electrons. The van der Waals surface area contributed by atoms with E-state index in [9.17, 15) is 13.2 Å². The molecule has 12 heteroatoms. The van der Waals surface area contributed by atoms with Gasteiger partial charge in [0.25, 0.3) is 15.9 Å². The number of hydrogen-bond acceptors (Lipinski definition) is 8. The summed E-state index contributed by atoms with van der Waals surface area (Å²) < 4.78 is 34.9. The zero-order valence-corrected chi connectivity index (χ0v) is 24.3. The van der Waals surface area contributed by atoms with Gasteiger partial charge in [-0.25, -0.2) is 18.4 Å². The Morgan fingerprint density at radius 1 is 1.05 bits per heavy atom. The van der Waals surface area contributed by atoms with Crippen molar-refractivity contribution in [2.24, 2.45) is 0 Å². The molecule has 1 atom stereocenters. The fraction of sp³-hybridized carbons (Fsp3) is 0.276. The number of carbonyl (C=O) groups is 1. The van der Waals surface area contributed by atoms with Gasteiger partial charge in [0.1, 0.15) is 5.75 Å². The van der Waals surface area contributed by atoms with Crippen LogP contribution < -0.4 is 20.1 Å². The van der Waals surface area contributed by atoms with E-state index in [0.29, 0.717) is 34.0 Å². The van der Waals surface area contributed by atoms with Crippen LogP contribution in [0.15, 0.2) is 71.6 Å². The number of hydrogen-bond donors (Lipinski definition) is 3. The van der Waals surface area contributed by atoms with Gasteiger partial charge in [0, 0.05) is 24.2 Å². The number of rotatable bonds is 10. The molecular formula is C29H31ClN6O4S. The smallest absolute Gasteiger partial charge is 0.263 e. The van der Waals surface area contributed by atoms with Crippen LogP contribution in [0.4, 0.5) is 17.3 Å². The molecule has 1 amide bonds. The third-order valence-electron chi connectivity index (χ3n) is 7.04. The Kier molecular flexibility index (Phi) is 8.57. The van der Waals surface area contributed by atoms with E-state index < -0.39 is 10.0 Å². The molecule has 41 heavy (non-hydrogen) atoms. The van der Waals surface area contributed by atoms with Gasteiger partial charge in [-0.2, -0.15) is 0 Å². The van der Waals surface area contributed by atoms with Crippen LogP contribution in [0.25, 0.3) is 11.0 Å². The van der Waals surface area contributed by atoms with E-state index in [1.807, 2.05) is 6.07 Å². The molecule has 0 aliphatic carbocycles. The zero-order chi connectivity index (χ0) is 29.0. The molecule has 1 unspecified atom stereocenters. The minimum absolute atomic E-state index is 0.0293. The standard InChI is InChI=1S/C29H31ClN6O4S/c1-3-36-15-7-9-20(36)18-31-29(37)19-8-6-10-22(16-19)41(38,39)35-28-27(32-24-11-4-5-12-25(24)33-28)34-26-17-21(40-2)13-14-23(26)30/h4-6,8,10-14,16-17,20H,3,7,9,15,18H2,1-2H3,(H,31,37)(H,32,34)(H,33,35). The van der Waals surface area contributed by atoms with Crippen LogP contribution in [0, 0.1) is 0 Å². The lowest BCUT2D eigenvalue weighted by Crippen LogP contribution is -2.40. The topological polar surface area (TPSA) is 126 Å². The van der Waals surface area contributed by atoms with E-state index >= 15 is 0 Å². The SMILES string of the molecule is CCN1CCCC1CNC(=O)c1cccc(S(=O)(=O)Nc2nc3ccccc3nc2Nc2cc(OC)ccc2Cl)c1. The van der Waals surface area contributed by atoms with Crippen LogP contribution in [-0.4, -0.2) is 62.0 Å². The molecule has 1 aromatic heterocycles. The van der Waals surface area contributed by atoms with E-state index in [-0.39, 0.29) is 34.0 Å². The number of amides is 1. The second-order valence-electron chi connectivity index (χ2n) is 9.65. The third-order valence-corrected chi connectivity index (χ3v) is 8.70. The first-order valence-corrected chi connectivity index (χ1v) is 15.2. The van der Waals surface area contributed by atoms with Gasteiger partial charge in [0.05, 0.1) is 33.7 Å². The monoisotopic (exact) mass is 594 g/mol. The normalized spacial score (nSPS) is 15.5. The summed E-state index contributed by atoms with van der Waals surface area (Å²) in [6.07, 6.45) is 2.13. The first-order valence-electron chi connectivity index (χ1n) is 13.3. The number of ether oxygens (including phenoxy) is 1. The highest BCUT2D eigenvalue weighted by Gasteiger charge is 2.24. The largest absolute Gasteiger partial charge is 0.497 e. The molecule has 5 rings (SSSR count). The summed E-state index contributed by atoms with van der Waals surface area (Å²) in [7, 11) is -2.62. The third kappa shape index (κ3) is 6.53. The molecule has 0 radical (unpaired) electrons. The van der Waals surface area contributed by atoms with Gasteiger partial charge >= 0.3 is 0 Å². The molecule has 1 aliphatic rings. The Hall–Kier alpha value is -3.93. The second-order valence-corrected chi connectivity index (χ2v) is 11.7. The maximum Gasteiger partial charge on any atom is 0.263 e. The maximum atomic E-state index is 13.5. The first-order chi connectivity index (χ1) is 19.8. The number of halogens is 1. The van der Waals surface area contributed by atoms with Crippen LogP contribution in [0.3, 0.4) is 0 Å². The number of para-hydroxylation sites is 2. The molecule has 0 spiro atoms. The fourth-order valence-corrected chi connectivity index (χ4v) is 6.08. The lowest BCUT2D eigenvalue weighted by molar-refractivity contribution is 0.0941. The van der Waals surface area contributed by atoms with Crippen LogP contribution in [0.5, 0.6) is 5.75 Å². The van der Waals surface area contributed by atoms with Crippen molar-refractivity contribution < 1.29 is 17.9 Å². The van der Waals surface area contributed by atoms with E-state index in [1.54, 1.807) is 48.5 Å². The lowest BCUT2D eigenvalue weighted by atomic mass is 10.2. The number of aromatic nitrogens is 2. The zero-order valence-electron chi connectivity index (χ0n) is 22.7. The lowest BCUT2D eigenvalue weighted by Gasteiger charge is -2.22. The minimum atomic E-state index is -4.16. The average Bonchev–Trinajstić information content (AvgIpc) is 3.45. The number of fused-ring (bicyclic) bond motifs is 1. The molecule has 1 fully saturated rings. The molecule has 3 N–H and O–H groups in total. The van der Waals surface area contributed by atoms with Crippen LogP contribution >= 0.6 is 11.6 Å². The van der Waals surface area contributed by atoms with Crippen molar-refractivity contribution in [1.29, 1.82) is 0 Å². The first kappa shape index (κ1) is 28.6. The van der Waals surface area contributed by atoms with Crippen molar-refractivity contribution in [2.45, 2.75) is 30.7 Å². The molecule has 0 bridgehead atoms. The molecule has 3 aromatic carbocycles. The summed E-state index contributed by atoms with van der Waals surface area (Å²) in [6, 6.07) is 18.3. The summed E-state index contributed by atoms with van der Waals surface area (Å²) in [5.74, 6) is 0.343. The summed E-state index contributed by atoms with van der Waals surface area (Å²) in [5.41, 5.74) is 1.76. The average molecular weight is 595 g/mol. The van der Waals surface area contributed by atoms with Crippen LogP contribution in [0.2, 0.25) is 5.02 Å². The second kappa shape index (κ2) is 12.3. The molecule has 2 heterocycles. The van der Waals surface area contributed by atoms with Crippen LogP contribution in [-0.2, 0) is 10.0 Å². The van der Waals surface area contributed by atoms with Gasteiger partial charge in [-0.15, -0.1) is 0 Å². The number of anilines is 3. The van der Waals surface area contributed by atoms with Crippen molar-refractivity contribution in [3.05, 3.63) is 77.3 Å². The maximum absolute atomic E-state index is 13.5. The number of nitrogens with zero attached hydrogens (tertiary/aromatic N) is 3. The van der Waals surface area contributed by atoms with Gasteiger partial charge in [0.2, 0.25) is 0 Å². The number of carbonyl (C=O) groups excluding carboxylic acids is 1. The Bertz CT molecular complexity index is 1680. The molecule has 0 saturated carbocycles. The van der Waals surface area contributed by atoms with Crippen LogP contribution in [0.1, 0.15) is 30.1 Å². The predicted molar refractivity (Wildman–Crippen MR) is 161 cm³/mol. The molecule has 1 saturated heterocycles. The number of sulfonamides is 1.